The number of hydrogen-bond donors (Lipinski definition) is 1. The summed E-state index contributed by atoms with van der Waals surface area (Å²) in [5, 5.41) is 2.90. The van der Waals surface area contributed by atoms with Crippen LogP contribution in [0.2, 0.25) is 0 Å². The number of hydrogen-bond acceptors (Lipinski definition) is 1. The Morgan fingerprint density at radius 2 is 1.56 bits per heavy atom. The largest absolute Gasteiger partial charge is 0.316 e. The van der Waals surface area contributed by atoms with E-state index in [0.29, 0.717) is 28.8 Å². The van der Waals surface area contributed by atoms with E-state index in [9.17, 15) is 8.78 Å². The molecule has 0 heterocycles. The molecule has 0 saturated heterocycles. The Balaban J connectivity index is 2.39. The summed E-state index contributed by atoms with van der Waals surface area (Å²) in [5.41, 5.74) is 2.57. The first-order chi connectivity index (χ1) is 8.61. The first-order valence-electron chi connectivity index (χ1n) is 5.81. The molecule has 3 heteroatoms. The zero-order chi connectivity index (χ0) is 13.1. The van der Waals surface area contributed by atoms with Gasteiger partial charge in [-0.05, 0) is 42.8 Å². The second kappa shape index (κ2) is 5.27. The fraction of sp³-hybridized carbons (Fsp3) is 0.200. The molecule has 0 unspecified atom stereocenters. The number of rotatable bonds is 3. The average Bonchev–Trinajstić information content (AvgIpc) is 2.35. The zero-order valence-electron chi connectivity index (χ0n) is 10.4. The maximum absolute atomic E-state index is 13.8. The van der Waals surface area contributed by atoms with Gasteiger partial charge in [0.15, 0.2) is 0 Å². The van der Waals surface area contributed by atoms with Gasteiger partial charge >= 0.3 is 0 Å². The lowest BCUT2D eigenvalue weighted by atomic mass is 10.0. The van der Waals surface area contributed by atoms with Crippen LogP contribution in [0.25, 0.3) is 11.1 Å². The van der Waals surface area contributed by atoms with Crippen molar-refractivity contribution in [1.29, 1.82) is 0 Å². The Morgan fingerprint density at radius 1 is 0.944 bits per heavy atom. The monoisotopic (exact) mass is 247 g/mol. The lowest BCUT2D eigenvalue weighted by molar-refractivity contribution is 0.601. The van der Waals surface area contributed by atoms with Crippen LogP contribution in [0, 0.1) is 18.6 Å². The van der Waals surface area contributed by atoms with Crippen LogP contribution in [0.4, 0.5) is 8.78 Å². The topological polar surface area (TPSA) is 12.0 Å². The second-order valence-corrected chi connectivity index (χ2v) is 4.30. The van der Waals surface area contributed by atoms with E-state index in [4.69, 9.17) is 0 Å². The molecular weight excluding hydrogens is 232 g/mol. The molecule has 0 fully saturated rings. The van der Waals surface area contributed by atoms with E-state index >= 15 is 0 Å². The minimum atomic E-state index is -0.275. The van der Waals surface area contributed by atoms with E-state index < -0.39 is 0 Å². The maximum Gasteiger partial charge on any atom is 0.128 e. The van der Waals surface area contributed by atoms with Gasteiger partial charge in [-0.3, -0.25) is 0 Å². The SMILES string of the molecule is CNCc1ccc(-c2ccc(C)c(F)c2)cc1F. The van der Waals surface area contributed by atoms with Crippen molar-refractivity contribution in [2.75, 3.05) is 7.05 Å². The van der Waals surface area contributed by atoms with Gasteiger partial charge in [0.05, 0.1) is 0 Å². The third-order valence-electron chi connectivity index (χ3n) is 2.93. The van der Waals surface area contributed by atoms with Crippen molar-refractivity contribution in [3.05, 3.63) is 59.2 Å². The molecule has 2 aromatic carbocycles. The third kappa shape index (κ3) is 2.57. The fourth-order valence-electron chi connectivity index (χ4n) is 1.83. The van der Waals surface area contributed by atoms with Crippen LogP contribution in [0.1, 0.15) is 11.1 Å². The molecular formula is C15H15F2N. The normalized spacial score (nSPS) is 10.7. The molecule has 0 aliphatic rings. The molecule has 0 aromatic heterocycles. The van der Waals surface area contributed by atoms with E-state index in [2.05, 4.69) is 5.32 Å². The highest BCUT2D eigenvalue weighted by Crippen LogP contribution is 2.23. The summed E-state index contributed by atoms with van der Waals surface area (Å²) < 4.78 is 27.2. The van der Waals surface area contributed by atoms with Gasteiger partial charge in [0.2, 0.25) is 0 Å². The van der Waals surface area contributed by atoms with Crippen LogP contribution in [0.15, 0.2) is 36.4 Å². The van der Waals surface area contributed by atoms with Crippen molar-refractivity contribution in [2.45, 2.75) is 13.5 Å². The van der Waals surface area contributed by atoms with E-state index in [-0.39, 0.29) is 11.6 Å². The first-order valence-corrected chi connectivity index (χ1v) is 5.81. The molecule has 0 aliphatic heterocycles. The first kappa shape index (κ1) is 12.7. The van der Waals surface area contributed by atoms with Crippen molar-refractivity contribution >= 4 is 0 Å². The number of benzene rings is 2. The van der Waals surface area contributed by atoms with Crippen LogP contribution in [-0.2, 0) is 6.54 Å². The molecule has 18 heavy (non-hydrogen) atoms. The van der Waals surface area contributed by atoms with Crippen LogP contribution < -0.4 is 5.32 Å². The standard InChI is InChI=1S/C15H15F2N/c1-10-3-4-11(7-14(10)16)12-5-6-13(9-18-2)15(17)8-12/h3-8,18H,9H2,1-2H3. The molecule has 1 nitrogen and oxygen atoms in total. The number of aryl methyl sites for hydroxylation is 1. The minimum Gasteiger partial charge on any atom is -0.316 e. The Labute approximate surface area is 105 Å². The van der Waals surface area contributed by atoms with Crippen LogP contribution >= 0.6 is 0 Å². The molecule has 2 rings (SSSR count). The summed E-state index contributed by atoms with van der Waals surface area (Å²) in [5.74, 6) is -0.546. The van der Waals surface area contributed by atoms with Gasteiger partial charge in [0, 0.05) is 12.1 Å². The Hall–Kier alpha value is -1.74. The summed E-state index contributed by atoms with van der Waals surface area (Å²) >= 11 is 0. The van der Waals surface area contributed by atoms with Crippen LogP contribution in [-0.4, -0.2) is 7.05 Å². The summed E-state index contributed by atoms with van der Waals surface area (Å²) in [6.45, 7) is 2.18. The Morgan fingerprint density at radius 3 is 2.11 bits per heavy atom. The van der Waals surface area contributed by atoms with Crippen molar-refractivity contribution in [3.8, 4) is 11.1 Å². The van der Waals surface area contributed by atoms with Gasteiger partial charge in [0.1, 0.15) is 11.6 Å². The van der Waals surface area contributed by atoms with Gasteiger partial charge in [-0.25, -0.2) is 8.78 Å². The summed E-state index contributed by atoms with van der Waals surface area (Å²) in [6, 6.07) is 9.90. The molecule has 0 amide bonds. The molecule has 0 aliphatic carbocycles. The summed E-state index contributed by atoms with van der Waals surface area (Å²) in [7, 11) is 1.77. The molecule has 94 valence electrons. The summed E-state index contributed by atoms with van der Waals surface area (Å²) in [6.07, 6.45) is 0. The molecule has 2 aromatic rings. The van der Waals surface area contributed by atoms with Gasteiger partial charge in [-0.15, -0.1) is 0 Å². The van der Waals surface area contributed by atoms with E-state index in [1.54, 1.807) is 38.2 Å². The Bertz CT molecular complexity index is 564. The Kier molecular flexibility index (Phi) is 3.72. The van der Waals surface area contributed by atoms with Gasteiger partial charge in [-0.2, -0.15) is 0 Å². The van der Waals surface area contributed by atoms with Crippen molar-refractivity contribution in [1.82, 2.24) is 5.32 Å². The molecule has 0 spiro atoms. The van der Waals surface area contributed by atoms with E-state index in [1.165, 1.54) is 12.1 Å². The molecule has 1 N–H and O–H groups in total. The number of nitrogens with one attached hydrogen (secondary N) is 1. The quantitative estimate of drug-likeness (QED) is 0.872. The molecule has 0 bridgehead atoms. The lowest BCUT2D eigenvalue weighted by Crippen LogP contribution is -2.06. The fourth-order valence-corrected chi connectivity index (χ4v) is 1.83. The van der Waals surface area contributed by atoms with Gasteiger partial charge < -0.3 is 5.32 Å². The minimum absolute atomic E-state index is 0.271. The van der Waals surface area contributed by atoms with Crippen LogP contribution in [0.3, 0.4) is 0 Å². The van der Waals surface area contributed by atoms with Crippen LogP contribution in [0.5, 0.6) is 0 Å². The third-order valence-corrected chi connectivity index (χ3v) is 2.93. The van der Waals surface area contributed by atoms with Crippen molar-refractivity contribution in [3.63, 3.8) is 0 Å². The predicted octanol–water partition coefficient (Wildman–Crippen LogP) is 3.66. The average molecular weight is 247 g/mol. The molecule has 0 saturated carbocycles. The highest BCUT2D eigenvalue weighted by molar-refractivity contribution is 5.64. The summed E-state index contributed by atoms with van der Waals surface area (Å²) in [4.78, 5) is 0. The highest BCUT2D eigenvalue weighted by Gasteiger charge is 2.06. The second-order valence-electron chi connectivity index (χ2n) is 4.30. The molecule has 0 radical (unpaired) electrons. The highest BCUT2D eigenvalue weighted by atomic mass is 19.1. The molecule has 0 atom stereocenters. The maximum atomic E-state index is 13.8. The van der Waals surface area contributed by atoms with Gasteiger partial charge in [-0.1, -0.05) is 24.3 Å². The van der Waals surface area contributed by atoms with E-state index in [0.717, 1.165) is 0 Å². The van der Waals surface area contributed by atoms with Crippen molar-refractivity contribution < 1.29 is 8.78 Å². The predicted molar refractivity (Wildman–Crippen MR) is 69.3 cm³/mol. The van der Waals surface area contributed by atoms with Gasteiger partial charge in [0.25, 0.3) is 0 Å². The number of halogens is 2. The smallest absolute Gasteiger partial charge is 0.128 e. The van der Waals surface area contributed by atoms with Crippen molar-refractivity contribution in [2.24, 2.45) is 0 Å². The van der Waals surface area contributed by atoms with E-state index in [1.807, 2.05) is 0 Å². The lowest BCUT2D eigenvalue weighted by Gasteiger charge is -2.07. The zero-order valence-corrected chi connectivity index (χ0v) is 10.4.